The maximum Gasteiger partial charge on any atom is 0.115 e. The van der Waals surface area contributed by atoms with Gasteiger partial charge < -0.3 is 10.2 Å². The number of phenols is 1. The maximum absolute atomic E-state index is 16.0. The van der Waals surface area contributed by atoms with Crippen LogP contribution in [0.3, 0.4) is 0 Å². The summed E-state index contributed by atoms with van der Waals surface area (Å²) in [6, 6.07) is 16.0. The number of aliphatic hydroxyl groups is 1. The van der Waals surface area contributed by atoms with Gasteiger partial charge in [0.15, 0.2) is 0 Å². The summed E-state index contributed by atoms with van der Waals surface area (Å²) in [5.74, 6) is 1.27. The zero-order valence-electron chi connectivity index (χ0n) is 18.1. The van der Waals surface area contributed by atoms with Crippen LogP contribution in [0.2, 0.25) is 0 Å². The Labute approximate surface area is 179 Å². The van der Waals surface area contributed by atoms with Crippen molar-refractivity contribution in [3.63, 3.8) is 0 Å². The fraction of sp³-hybridized carbons (Fsp3) is 0.556. The van der Waals surface area contributed by atoms with Gasteiger partial charge in [-0.05, 0) is 83.1 Å². The molecule has 0 aromatic heterocycles. The van der Waals surface area contributed by atoms with E-state index in [4.69, 9.17) is 0 Å². The predicted octanol–water partition coefficient (Wildman–Crippen LogP) is 5.83. The van der Waals surface area contributed by atoms with Gasteiger partial charge in [-0.2, -0.15) is 0 Å². The Bertz CT molecular complexity index is 926. The van der Waals surface area contributed by atoms with Gasteiger partial charge in [0.1, 0.15) is 11.9 Å². The summed E-state index contributed by atoms with van der Waals surface area (Å²) in [6.07, 6.45) is 0.747. The molecule has 3 aliphatic carbocycles. The molecule has 3 aliphatic rings. The standard InChI is InChI=1S/C27H33FO2/c1-15(2)23-22(30)14-27(3)13-21(28)24-19-10-9-18(29)11-17(19)12-20(25(24)26(23)27)16-7-5-4-6-8-16/h4-11,15,20-26,29-30H,12-14H2,1-3H3/t20-,21-,22-,23-,24-,25+,26-,27+/m0/s1. The summed E-state index contributed by atoms with van der Waals surface area (Å²) in [5, 5.41) is 21.2. The Morgan fingerprint density at radius 2 is 1.80 bits per heavy atom. The average molecular weight is 409 g/mol. The van der Waals surface area contributed by atoms with Gasteiger partial charge in [0, 0.05) is 5.92 Å². The minimum atomic E-state index is -0.927. The summed E-state index contributed by atoms with van der Waals surface area (Å²) in [4.78, 5) is 0. The summed E-state index contributed by atoms with van der Waals surface area (Å²) < 4.78 is 16.0. The Morgan fingerprint density at radius 3 is 2.50 bits per heavy atom. The van der Waals surface area contributed by atoms with E-state index >= 15 is 4.39 Å². The third-order valence-corrected chi connectivity index (χ3v) is 8.61. The lowest BCUT2D eigenvalue weighted by molar-refractivity contribution is -0.0363. The number of hydrogen-bond acceptors (Lipinski definition) is 2. The molecule has 2 aromatic carbocycles. The molecule has 2 fully saturated rings. The fourth-order valence-electron chi connectivity index (χ4n) is 7.70. The molecule has 30 heavy (non-hydrogen) atoms. The van der Waals surface area contributed by atoms with E-state index in [1.165, 1.54) is 5.56 Å². The third-order valence-electron chi connectivity index (χ3n) is 8.61. The van der Waals surface area contributed by atoms with Crippen LogP contribution in [0.25, 0.3) is 0 Å². The van der Waals surface area contributed by atoms with Crippen LogP contribution in [-0.4, -0.2) is 22.5 Å². The SMILES string of the molecule is CC(C)[C@@H]1[C@H]2[C@H]3[C@@H](c4ccc(O)cc4C[C@H]3c3ccccc3)[C@@H](F)C[C@]2(C)C[C@@H]1O. The molecule has 8 atom stereocenters. The van der Waals surface area contributed by atoms with Crippen molar-refractivity contribution in [1.29, 1.82) is 0 Å². The first-order chi connectivity index (χ1) is 14.3. The molecule has 0 aliphatic heterocycles. The number of rotatable bonds is 2. The minimum absolute atomic E-state index is 0.155. The van der Waals surface area contributed by atoms with E-state index in [0.29, 0.717) is 18.8 Å². The number of benzene rings is 2. The molecule has 5 rings (SSSR count). The zero-order chi connectivity index (χ0) is 21.2. The summed E-state index contributed by atoms with van der Waals surface area (Å²) in [6.45, 7) is 6.64. The maximum atomic E-state index is 16.0. The number of fused-ring (bicyclic) bond motifs is 5. The van der Waals surface area contributed by atoms with Crippen molar-refractivity contribution in [2.45, 2.75) is 64.1 Å². The highest BCUT2D eigenvalue weighted by atomic mass is 19.1. The predicted molar refractivity (Wildman–Crippen MR) is 117 cm³/mol. The molecule has 0 bridgehead atoms. The molecule has 160 valence electrons. The third kappa shape index (κ3) is 2.92. The lowest BCUT2D eigenvalue weighted by Gasteiger charge is -2.55. The van der Waals surface area contributed by atoms with Crippen LogP contribution in [0.4, 0.5) is 4.39 Å². The number of alkyl halides is 1. The summed E-state index contributed by atoms with van der Waals surface area (Å²) in [7, 11) is 0. The van der Waals surface area contributed by atoms with Crippen molar-refractivity contribution in [3.05, 3.63) is 65.2 Å². The van der Waals surface area contributed by atoms with E-state index < -0.39 is 6.17 Å². The lowest BCUT2D eigenvalue weighted by Crippen LogP contribution is -2.50. The van der Waals surface area contributed by atoms with Gasteiger partial charge in [-0.25, -0.2) is 4.39 Å². The molecule has 0 heterocycles. The first kappa shape index (κ1) is 20.1. The molecule has 3 heteroatoms. The second-order valence-electron chi connectivity index (χ2n) is 10.7. The van der Waals surface area contributed by atoms with Crippen LogP contribution in [0.15, 0.2) is 48.5 Å². The molecule has 2 saturated carbocycles. The van der Waals surface area contributed by atoms with Gasteiger partial charge in [-0.15, -0.1) is 0 Å². The van der Waals surface area contributed by atoms with Gasteiger partial charge in [-0.3, -0.25) is 0 Å². The van der Waals surface area contributed by atoms with Crippen molar-refractivity contribution >= 4 is 0 Å². The molecule has 0 saturated heterocycles. The fourth-order valence-corrected chi connectivity index (χ4v) is 7.70. The Balaban J connectivity index is 1.71. The molecule has 0 amide bonds. The quantitative estimate of drug-likeness (QED) is 0.656. The Morgan fingerprint density at radius 1 is 1.07 bits per heavy atom. The molecule has 0 radical (unpaired) electrons. The highest BCUT2D eigenvalue weighted by molar-refractivity contribution is 5.44. The van der Waals surface area contributed by atoms with E-state index in [9.17, 15) is 10.2 Å². The van der Waals surface area contributed by atoms with E-state index in [2.05, 4.69) is 45.0 Å². The van der Waals surface area contributed by atoms with Crippen LogP contribution in [0.1, 0.15) is 62.1 Å². The number of halogens is 1. The average Bonchev–Trinajstić information content (AvgIpc) is 2.97. The molecule has 2 aromatic rings. The van der Waals surface area contributed by atoms with E-state index in [-0.39, 0.29) is 46.9 Å². The van der Waals surface area contributed by atoms with Crippen LogP contribution in [-0.2, 0) is 6.42 Å². The molecule has 0 unspecified atom stereocenters. The van der Waals surface area contributed by atoms with Crippen LogP contribution in [0, 0.1) is 29.1 Å². The number of aliphatic hydroxyl groups excluding tert-OH is 1. The second-order valence-corrected chi connectivity index (χ2v) is 10.7. The van der Waals surface area contributed by atoms with Crippen LogP contribution >= 0.6 is 0 Å². The normalized spacial score (nSPS) is 40.0. The van der Waals surface area contributed by atoms with Crippen molar-refractivity contribution in [2.24, 2.45) is 29.1 Å². The number of phenolic OH excluding ortho intramolecular Hbond substituents is 1. The minimum Gasteiger partial charge on any atom is -0.508 e. The lowest BCUT2D eigenvalue weighted by atomic mass is 9.49. The molecular formula is C27H33FO2. The molecular weight excluding hydrogens is 375 g/mol. The number of hydrogen-bond donors (Lipinski definition) is 2. The van der Waals surface area contributed by atoms with Crippen molar-refractivity contribution < 1.29 is 14.6 Å². The highest BCUT2D eigenvalue weighted by Gasteiger charge is 2.62. The van der Waals surface area contributed by atoms with Gasteiger partial charge in [-0.1, -0.05) is 57.2 Å². The summed E-state index contributed by atoms with van der Waals surface area (Å²) >= 11 is 0. The van der Waals surface area contributed by atoms with Crippen LogP contribution in [0.5, 0.6) is 5.75 Å². The van der Waals surface area contributed by atoms with E-state index in [1.807, 2.05) is 18.2 Å². The van der Waals surface area contributed by atoms with Crippen molar-refractivity contribution in [2.75, 3.05) is 0 Å². The van der Waals surface area contributed by atoms with E-state index in [0.717, 1.165) is 17.5 Å². The monoisotopic (exact) mass is 408 g/mol. The molecule has 2 N–H and O–H groups in total. The topological polar surface area (TPSA) is 40.5 Å². The van der Waals surface area contributed by atoms with Gasteiger partial charge >= 0.3 is 0 Å². The second kappa shape index (κ2) is 7.09. The Kier molecular flexibility index (Phi) is 4.74. The first-order valence-corrected chi connectivity index (χ1v) is 11.5. The summed E-state index contributed by atoms with van der Waals surface area (Å²) in [5.41, 5.74) is 3.23. The van der Waals surface area contributed by atoms with Crippen LogP contribution < -0.4 is 0 Å². The van der Waals surface area contributed by atoms with Gasteiger partial charge in [0.25, 0.3) is 0 Å². The zero-order valence-corrected chi connectivity index (χ0v) is 18.1. The van der Waals surface area contributed by atoms with Crippen molar-refractivity contribution in [1.82, 2.24) is 0 Å². The van der Waals surface area contributed by atoms with Gasteiger partial charge in [0.2, 0.25) is 0 Å². The van der Waals surface area contributed by atoms with E-state index in [1.54, 1.807) is 6.07 Å². The number of aromatic hydroxyl groups is 1. The smallest absolute Gasteiger partial charge is 0.115 e. The molecule has 0 spiro atoms. The van der Waals surface area contributed by atoms with Gasteiger partial charge in [0.05, 0.1) is 6.10 Å². The highest BCUT2D eigenvalue weighted by Crippen LogP contribution is 2.67. The largest absolute Gasteiger partial charge is 0.508 e. The Hall–Kier alpha value is -1.87. The first-order valence-electron chi connectivity index (χ1n) is 11.5. The molecule has 2 nitrogen and oxygen atoms in total. The van der Waals surface area contributed by atoms with Crippen molar-refractivity contribution in [3.8, 4) is 5.75 Å².